The maximum absolute atomic E-state index is 3.39. The van der Waals surface area contributed by atoms with Crippen LogP contribution in [0.3, 0.4) is 0 Å². The third-order valence-electron chi connectivity index (χ3n) is 3.51. The van der Waals surface area contributed by atoms with E-state index in [4.69, 9.17) is 0 Å². The topological polar surface area (TPSA) is 15.3 Å². The van der Waals surface area contributed by atoms with E-state index in [1.165, 1.54) is 45.2 Å². The standard InChI is InChI=1S/C12H26N2/c1-4-6-7-12(5-2)14-9-8-11(10-14)13-3/h11-13H,4-10H2,1-3H3. The summed E-state index contributed by atoms with van der Waals surface area (Å²) >= 11 is 0. The number of unbranched alkanes of at least 4 members (excludes halogenated alkanes) is 1. The summed E-state index contributed by atoms with van der Waals surface area (Å²) in [5.41, 5.74) is 0. The maximum atomic E-state index is 3.39. The molecule has 1 saturated heterocycles. The van der Waals surface area contributed by atoms with Crippen molar-refractivity contribution in [3.8, 4) is 0 Å². The minimum Gasteiger partial charge on any atom is -0.316 e. The van der Waals surface area contributed by atoms with Crippen LogP contribution in [-0.2, 0) is 0 Å². The molecule has 0 aromatic carbocycles. The molecule has 1 aliphatic heterocycles. The molecule has 1 heterocycles. The van der Waals surface area contributed by atoms with E-state index in [1.54, 1.807) is 0 Å². The quantitative estimate of drug-likeness (QED) is 0.704. The fraction of sp³-hybridized carbons (Fsp3) is 1.00. The number of hydrogen-bond donors (Lipinski definition) is 1. The van der Waals surface area contributed by atoms with Crippen molar-refractivity contribution < 1.29 is 0 Å². The molecule has 2 unspecified atom stereocenters. The van der Waals surface area contributed by atoms with Gasteiger partial charge in [0.15, 0.2) is 0 Å². The van der Waals surface area contributed by atoms with Gasteiger partial charge < -0.3 is 5.32 Å². The molecule has 2 atom stereocenters. The Labute approximate surface area is 89.1 Å². The van der Waals surface area contributed by atoms with Gasteiger partial charge in [0.05, 0.1) is 0 Å². The molecular weight excluding hydrogens is 172 g/mol. The van der Waals surface area contributed by atoms with Crippen molar-refractivity contribution in [3.05, 3.63) is 0 Å². The van der Waals surface area contributed by atoms with Crippen LogP contribution in [0.4, 0.5) is 0 Å². The number of nitrogens with one attached hydrogen (secondary N) is 1. The first kappa shape index (κ1) is 12.0. The first-order valence-electron chi connectivity index (χ1n) is 6.23. The Morgan fingerprint density at radius 2 is 2.21 bits per heavy atom. The molecule has 0 bridgehead atoms. The average molecular weight is 198 g/mol. The fourth-order valence-electron chi connectivity index (χ4n) is 2.44. The normalized spacial score (nSPS) is 25.5. The summed E-state index contributed by atoms with van der Waals surface area (Å²) in [4.78, 5) is 2.68. The van der Waals surface area contributed by atoms with Crippen molar-refractivity contribution in [1.82, 2.24) is 10.2 Å². The van der Waals surface area contributed by atoms with Gasteiger partial charge in [0.25, 0.3) is 0 Å². The van der Waals surface area contributed by atoms with Crippen molar-refractivity contribution in [1.29, 1.82) is 0 Å². The van der Waals surface area contributed by atoms with Gasteiger partial charge in [0, 0.05) is 25.2 Å². The van der Waals surface area contributed by atoms with Gasteiger partial charge >= 0.3 is 0 Å². The van der Waals surface area contributed by atoms with Crippen molar-refractivity contribution >= 4 is 0 Å². The minimum atomic E-state index is 0.741. The maximum Gasteiger partial charge on any atom is 0.0204 e. The van der Waals surface area contributed by atoms with Gasteiger partial charge in [-0.1, -0.05) is 26.7 Å². The summed E-state index contributed by atoms with van der Waals surface area (Å²) in [5.74, 6) is 0. The van der Waals surface area contributed by atoms with Crippen LogP contribution >= 0.6 is 0 Å². The second-order valence-electron chi connectivity index (χ2n) is 4.47. The van der Waals surface area contributed by atoms with Crippen LogP contribution in [0.5, 0.6) is 0 Å². The minimum absolute atomic E-state index is 0.741. The number of likely N-dealkylation sites (N-methyl/N-ethyl adjacent to an activating group) is 1. The summed E-state index contributed by atoms with van der Waals surface area (Å²) < 4.78 is 0. The molecule has 1 aliphatic rings. The molecule has 1 N–H and O–H groups in total. The molecule has 0 aromatic heterocycles. The molecule has 0 spiro atoms. The Balaban J connectivity index is 2.30. The van der Waals surface area contributed by atoms with Gasteiger partial charge in [-0.2, -0.15) is 0 Å². The van der Waals surface area contributed by atoms with Crippen molar-refractivity contribution in [3.63, 3.8) is 0 Å². The Kier molecular flexibility index (Phi) is 5.49. The van der Waals surface area contributed by atoms with E-state index >= 15 is 0 Å². The lowest BCUT2D eigenvalue weighted by Crippen LogP contribution is -2.36. The third kappa shape index (κ3) is 3.25. The lowest BCUT2D eigenvalue weighted by atomic mass is 10.1. The second-order valence-corrected chi connectivity index (χ2v) is 4.47. The van der Waals surface area contributed by atoms with E-state index in [0.29, 0.717) is 0 Å². The predicted octanol–water partition coefficient (Wildman–Crippen LogP) is 2.25. The average Bonchev–Trinajstić information content (AvgIpc) is 2.68. The highest BCUT2D eigenvalue weighted by Crippen LogP contribution is 2.18. The highest BCUT2D eigenvalue weighted by Gasteiger charge is 2.25. The Morgan fingerprint density at radius 3 is 2.71 bits per heavy atom. The van der Waals surface area contributed by atoms with Gasteiger partial charge in [-0.25, -0.2) is 0 Å². The van der Waals surface area contributed by atoms with Crippen LogP contribution < -0.4 is 5.32 Å². The van der Waals surface area contributed by atoms with Crippen molar-refractivity contribution in [2.45, 2.75) is 58.0 Å². The summed E-state index contributed by atoms with van der Waals surface area (Å²) in [7, 11) is 2.08. The summed E-state index contributed by atoms with van der Waals surface area (Å²) in [5, 5.41) is 3.39. The SMILES string of the molecule is CCCCC(CC)N1CCC(NC)C1. The zero-order chi connectivity index (χ0) is 10.4. The number of hydrogen-bond acceptors (Lipinski definition) is 2. The van der Waals surface area contributed by atoms with Crippen LogP contribution in [0, 0.1) is 0 Å². The van der Waals surface area contributed by atoms with Gasteiger partial charge in [-0.3, -0.25) is 4.90 Å². The van der Waals surface area contributed by atoms with E-state index in [9.17, 15) is 0 Å². The van der Waals surface area contributed by atoms with Gasteiger partial charge in [-0.15, -0.1) is 0 Å². The van der Waals surface area contributed by atoms with Crippen LogP contribution in [-0.4, -0.2) is 37.1 Å². The summed E-state index contributed by atoms with van der Waals surface area (Å²) in [6.07, 6.45) is 6.76. The highest BCUT2D eigenvalue weighted by atomic mass is 15.2. The molecule has 0 aliphatic carbocycles. The summed E-state index contributed by atoms with van der Waals surface area (Å²) in [6, 6.07) is 1.58. The number of rotatable bonds is 6. The highest BCUT2D eigenvalue weighted by molar-refractivity contribution is 4.84. The van der Waals surface area contributed by atoms with E-state index < -0.39 is 0 Å². The lowest BCUT2D eigenvalue weighted by molar-refractivity contribution is 0.216. The van der Waals surface area contributed by atoms with Gasteiger partial charge in [0.1, 0.15) is 0 Å². The zero-order valence-corrected chi connectivity index (χ0v) is 10.1. The second kappa shape index (κ2) is 6.41. The van der Waals surface area contributed by atoms with E-state index in [-0.39, 0.29) is 0 Å². The Morgan fingerprint density at radius 1 is 1.43 bits per heavy atom. The van der Waals surface area contributed by atoms with Crippen molar-refractivity contribution in [2.75, 3.05) is 20.1 Å². The molecule has 14 heavy (non-hydrogen) atoms. The van der Waals surface area contributed by atoms with Crippen LogP contribution in [0.15, 0.2) is 0 Å². The Bertz CT molecular complexity index is 147. The van der Waals surface area contributed by atoms with E-state index in [1.807, 2.05) is 0 Å². The molecule has 2 heteroatoms. The number of likely N-dealkylation sites (tertiary alicyclic amines) is 1. The van der Waals surface area contributed by atoms with Gasteiger partial charge in [0.2, 0.25) is 0 Å². The molecule has 0 saturated carbocycles. The molecule has 0 aromatic rings. The Hall–Kier alpha value is -0.0800. The molecule has 1 rings (SSSR count). The molecule has 2 nitrogen and oxygen atoms in total. The first-order valence-corrected chi connectivity index (χ1v) is 6.23. The monoisotopic (exact) mass is 198 g/mol. The lowest BCUT2D eigenvalue weighted by Gasteiger charge is -2.26. The molecule has 0 radical (unpaired) electrons. The van der Waals surface area contributed by atoms with Crippen LogP contribution in [0.25, 0.3) is 0 Å². The first-order chi connectivity index (χ1) is 6.81. The summed E-state index contributed by atoms with van der Waals surface area (Å²) in [6.45, 7) is 7.17. The van der Waals surface area contributed by atoms with Crippen LogP contribution in [0.1, 0.15) is 46.0 Å². The third-order valence-corrected chi connectivity index (χ3v) is 3.51. The van der Waals surface area contributed by atoms with Crippen LogP contribution in [0.2, 0.25) is 0 Å². The van der Waals surface area contributed by atoms with E-state index in [2.05, 4.69) is 31.1 Å². The molecule has 84 valence electrons. The largest absolute Gasteiger partial charge is 0.316 e. The molecule has 0 amide bonds. The smallest absolute Gasteiger partial charge is 0.0204 e. The van der Waals surface area contributed by atoms with E-state index in [0.717, 1.165) is 12.1 Å². The zero-order valence-electron chi connectivity index (χ0n) is 10.1. The van der Waals surface area contributed by atoms with Gasteiger partial charge in [-0.05, 0) is 26.3 Å². The number of nitrogens with zero attached hydrogens (tertiary/aromatic N) is 1. The molecular formula is C12H26N2. The predicted molar refractivity (Wildman–Crippen MR) is 62.6 cm³/mol. The van der Waals surface area contributed by atoms with Crippen molar-refractivity contribution in [2.24, 2.45) is 0 Å². The molecule has 1 fully saturated rings. The fourth-order valence-corrected chi connectivity index (χ4v) is 2.44.